The van der Waals surface area contributed by atoms with E-state index >= 15 is 0 Å². The van der Waals surface area contributed by atoms with Crippen LogP contribution in [0.25, 0.3) is 94.7 Å². The molecule has 0 unspecified atom stereocenters. The lowest BCUT2D eigenvalue weighted by atomic mass is 9.78. The van der Waals surface area contributed by atoms with Gasteiger partial charge in [0.15, 0.2) is 0 Å². The van der Waals surface area contributed by atoms with Gasteiger partial charge < -0.3 is 9.67 Å². The van der Waals surface area contributed by atoms with Crippen molar-refractivity contribution in [2.75, 3.05) is 0 Å². The molecule has 0 aliphatic rings. The van der Waals surface area contributed by atoms with Crippen molar-refractivity contribution >= 4 is 10.9 Å². The van der Waals surface area contributed by atoms with Crippen LogP contribution in [0, 0.1) is 6.92 Å². The van der Waals surface area contributed by atoms with E-state index in [1.165, 1.54) is 0 Å². The molecule has 0 aliphatic heterocycles. The Morgan fingerprint density at radius 1 is 0.437 bits per heavy atom. The second-order valence-electron chi connectivity index (χ2n) is 22.0. The Hall–Kier alpha value is -7.75. The first-order valence-corrected chi connectivity index (χ1v) is 24.7. The number of pyridine rings is 1. The van der Waals surface area contributed by atoms with Gasteiger partial charge in [-0.05, 0) is 151 Å². The van der Waals surface area contributed by atoms with Crippen LogP contribution >= 0.6 is 0 Å². The number of benzene rings is 8. The standard InChI is InChI=1S/C68H64N2O/c1-44-35-57(48-25-18-13-19-26-48)63(42-56(44)47-23-16-12-17-24-47)70-62-28-20-27-55(58(62)43-64(70)59-40-54(67(5,6)7)41-60(65(59)71)68(8,9)10)51-36-50(45-21-14-11-15-22-45)37-52(38-51)61-39-49(33-34-69-61)46-29-31-53(32-30-46)66(2,3)4/h11-43,71H,1-10H3/i29D,30D,31D,32D. The lowest BCUT2D eigenvalue weighted by Crippen LogP contribution is -2.17. The summed E-state index contributed by atoms with van der Waals surface area (Å²) in [4.78, 5) is 4.92. The number of hydrogen-bond acceptors (Lipinski definition) is 2. The van der Waals surface area contributed by atoms with Crippen LogP contribution in [0.3, 0.4) is 0 Å². The van der Waals surface area contributed by atoms with Crippen molar-refractivity contribution in [2.45, 2.75) is 85.5 Å². The molecule has 8 aromatic carbocycles. The first-order valence-electron chi connectivity index (χ1n) is 26.7. The molecule has 0 amide bonds. The first-order chi connectivity index (χ1) is 35.6. The zero-order valence-corrected chi connectivity index (χ0v) is 42.6. The Bertz CT molecular complexity index is 3790. The van der Waals surface area contributed by atoms with Gasteiger partial charge in [0.2, 0.25) is 0 Å². The van der Waals surface area contributed by atoms with Crippen molar-refractivity contribution in [1.82, 2.24) is 9.55 Å². The molecule has 2 aromatic heterocycles. The molecule has 10 rings (SSSR count). The summed E-state index contributed by atoms with van der Waals surface area (Å²) in [5.74, 6) is 0.256. The maximum Gasteiger partial charge on any atom is 0.128 e. The molecule has 0 aliphatic carbocycles. The van der Waals surface area contributed by atoms with Crippen molar-refractivity contribution < 1.29 is 10.6 Å². The third kappa shape index (κ3) is 9.26. The summed E-state index contributed by atoms with van der Waals surface area (Å²) >= 11 is 0. The fourth-order valence-electron chi connectivity index (χ4n) is 9.74. The number of rotatable bonds is 8. The van der Waals surface area contributed by atoms with Gasteiger partial charge in [0, 0.05) is 33.8 Å². The lowest BCUT2D eigenvalue weighted by molar-refractivity contribution is 0.446. The maximum absolute atomic E-state index is 12.8. The highest BCUT2D eigenvalue weighted by atomic mass is 16.3. The molecule has 0 atom stereocenters. The van der Waals surface area contributed by atoms with Crippen molar-refractivity contribution in [3.63, 3.8) is 0 Å². The Morgan fingerprint density at radius 2 is 1.03 bits per heavy atom. The number of nitrogens with zero attached hydrogens (tertiary/aromatic N) is 2. The summed E-state index contributed by atoms with van der Waals surface area (Å²) in [6.45, 7) is 21.1. The van der Waals surface area contributed by atoms with Gasteiger partial charge in [-0.2, -0.15) is 0 Å². The third-order valence-corrected chi connectivity index (χ3v) is 13.7. The summed E-state index contributed by atoms with van der Waals surface area (Å²) in [6.07, 6.45) is 1.69. The van der Waals surface area contributed by atoms with Gasteiger partial charge in [-0.15, -0.1) is 0 Å². The van der Waals surface area contributed by atoms with Crippen molar-refractivity contribution in [2.24, 2.45) is 0 Å². The average Bonchev–Trinajstić information content (AvgIpc) is 3.79. The minimum atomic E-state index is -0.581. The highest BCUT2D eigenvalue weighted by Crippen LogP contribution is 2.48. The second-order valence-corrected chi connectivity index (χ2v) is 22.0. The van der Waals surface area contributed by atoms with Gasteiger partial charge in [0.1, 0.15) is 5.75 Å². The van der Waals surface area contributed by atoms with E-state index in [1.54, 1.807) is 12.3 Å². The first kappa shape index (κ1) is 42.2. The Kier molecular flexibility index (Phi) is 10.8. The highest BCUT2D eigenvalue weighted by molar-refractivity contribution is 6.03. The average molecular weight is 929 g/mol. The Balaban J connectivity index is 1.28. The predicted molar refractivity (Wildman–Crippen MR) is 302 cm³/mol. The quantitative estimate of drug-likeness (QED) is 0.165. The van der Waals surface area contributed by atoms with Crippen molar-refractivity contribution in [3.05, 3.63) is 222 Å². The van der Waals surface area contributed by atoms with Crippen LogP contribution in [0.4, 0.5) is 0 Å². The van der Waals surface area contributed by atoms with E-state index in [0.717, 1.165) is 94.6 Å². The summed E-state index contributed by atoms with van der Waals surface area (Å²) in [5.41, 5.74) is 16.5. The molecule has 0 bridgehead atoms. The van der Waals surface area contributed by atoms with E-state index in [4.69, 9.17) is 7.73 Å². The van der Waals surface area contributed by atoms with Gasteiger partial charge in [-0.1, -0.05) is 196 Å². The number of aromatic hydroxyl groups is 1. The van der Waals surface area contributed by atoms with Crippen LogP contribution < -0.4 is 0 Å². The predicted octanol–water partition coefficient (Wildman–Crippen LogP) is 18.6. The fourth-order valence-corrected chi connectivity index (χ4v) is 9.74. The van der Waals surface area contributed by atoms with Crippen LogP contribution in [0.5, 0.6) is 5.75 Å². The zero-order chi connectivity index (χ0) is 53.3. The van der Waals surface area contributed by atoms with Crippen LogP contribution in [0.1, 0.15) is 90.1 Å². The van der Waals surface area contributed by atoms with E-state index in [9.17, 15) is 7.85 Å². The molecule has 10 aromatic rings. The summed E-state index contributed by atoms with van der Waals surface area (Å²) in [5, 5.41) is 13.8. The normalized spacial score (nSPS) is 12.9. The topological polar surface area (TPSA) is 38.1 Å². The van der Waals surface area contributed by atoms with Gasteiger partial charge in [-0.25, -0.2) is 0 Å². The van der Waals surface area contributed by atoms with Gasteiger partial charge in [0.05, 0.1) is 28.1 Å². The molecule has 2 heterocycles. The van der Waals surface area contributed by atoms with Crippen molar-refractivity contribution in [1.29, 1.82) is 0 Å². The summed E-state index contributed by atoms with van der Waals surface area (Å²) < 4.78 is 38.7. The third-order valence-electron chi connectivity index (χ3n) is 13.7. The molecule has 0 saturated heterocycles. The lowest BCUT2D eigenvalue weighted by Gasteiger charge is -2.28. The van der Waals surface area contributed by atoms with Crippen LogP contribution in [0.15, 0.2) is 200 Å². The number of phenolic OH excluding ortho intramolecular Hbond substituents is 1. The van der Waals surface area contributed by atoms with Gasteiger partial charge in [0.25, 0.3) is 0 Å². The smallest absolute Gasteiger partial charge is 0.128 e. The molecule has 0 fully saturated rings. The van der Waals surface area contributed by atoms with Gasteiger partial charge >= 0.3 is 0 Å². The minimum absolute atomic E-state index is 0.0319. The number of aryl methyl sites for hydroxylation is 1. The molecule has 3 heteroatoms. The Labute approximate surface area is 426 Å². The monoisotopic (exact) mass is 929 g/mol. The molecule has 0 spiro atoms. The van der Waals surface area contributed by atoms with E-state index in [1.807, 2.05) is 51.1 Å². The van der Waals surface area contributed by atoms with E-state index < -0.39 is 5.41 Å². The number of fused-ring (bicyclic) bond motifs is 1. The second kappa shape index (κ2) is 18.2. The SMILES string of the molecule is [2H]c1c([2H])c(C(C)(C)C)c([2H])c([2H])c1-c1ccnc(-c2cc(-c3ccccc3)cc(-c3cccc4c3cc(-c3cc(C(C)(C)C)cc(C(C)(C)C)c3O)n4-c3cc(-c4ccccc4)c(C)cc3-c3ccccc3)c2)c1. The van der Waals surface area contributed by atoms with Gasteiger partial charge in [-0.3, -0.25) is 4.98 Å². The summed E-state index contributed by atoms with van der Waals surface area (Å²) in [7, 11) is 0. The van der Waals surface area contributed by atoms with Crippen LogP contribution in [-0.4, -0.2) is 14.7 Å². The molecule has 71 heavy (non-hydrogen) atoms. The van der Waals surface area contributed by atoms with Crippen LogP contribution in [-0.2, 0) is 16.2 Å². The van der Waals surface area contributed by atoms with Crippen LogP contribution in [0.2, 0.25) is 0 Å². The number of hydrogen-bond donors (Lipinski definition) is 1. The fraction of sp³-hybridized carbons (Fsp3) is 0.191. The molecule has 0 radical (unpaired) electrons. The number of phenols is 1. The highest BCUT2D eigenvalue weighted by Gasteiger charge is 2.29. The molecule has 3 nitrogen and oxygen atoms in total. The molecular weight excluding hydrogens is 861 g/mol. The van der Waals surface area contributed by atoms with Crippen molar-refractivity contribution in [3.8, 4) is 89.6 Å². The zero-order valence-electron chi connectivity index (χ0n) is 46.6. The largest absolute Gasteiger partial charge is 0.507 e. The minimum Gasteiger partial charge on any atom is -0.507 e. The molecule has 352 valence electrons. The number of aromatic nitrogens is 2. The Morgan fingerprint density at radius 3 is 1.65 bits per heavy atom. The maximum atomic E-state index is 12.8. The summed E-state index contributed by atoms with van der Waals surface area (Å²) in [6, 6.07) is 59.1. The van der Waals surface area contributed by atoms with E-state index in [0.29, 0.717) is 16.8 Å². The molecule has 0 saturated carbocycles. The van der Waals surface area contributed by atoms with E-state index in [-0.39, 0.29) is 46.3 Å². The molecule has 1 N–H and O–H groups in total. The molecular formula is C68H64N2O. The van der Waals surface area contributed by atoms with E-state index in [2.05, 4.69) is 186 Å².